The molecule has 1 amide bonds. The number of nitrogens with one attached hydrogen (secondary N) is 1. The molecule has 0 aromatic carbocycles. The molecule has 2 aromatic heterocycles. The van der Waals surface area contributed by atoms with Gasteiger partial charge >= 0.3 is 0 Å². The number of hydrogen-bond donors (Lipinski definition) is 1. The molecule has 0 atom stereocenters. The molecule has 0 spiro atoms. The molecule has 142 valence electrons. The number of aromatic nitrogens is 4. The Balaban J connectivity index is 1.56. The first-order valence-corrected chi connectivity index (χ1v) is 9.26. The van der Waals surface area contributed by atoms with Crippen LogP contribution in [0, 0.1) is 0 Å². The van der Waals surface area contributed by atoms with Crippen LogP contribution in [-0.4, -0.2) is 55.3 Å². The van der Waals surface area contributed by atoms with Crippen molar-refractivity contribution in [3.05, 3.63) is 22.9 Å². The molecule has 0 aliphatic carbocycles. The van der Waals surface area contributed by atoms with Crippen LogP contribution in [0.2, 0.25) is 0 Å². The Bertz CT molecular complexity index is 832. The van der Waals surface area contributed by atoms with Crippen molar-refractivity contribution in [3.63, 3.8) is 0 Å². The maximum atomic E-state index is 12.4. The summed E-state index contributed by atoms with van der Waals surface area (Å²) in [6.45, 7) is 7.46. The largest absolute Gasteiger partial charge is 0.350 e. The van der Waals surface area contributed by atoms with Crippen molar-refractivity contribution in [2.24, 2.45) is 7.05 Å². The fourth-order valence-electron chi connectivity index (χ4n) is 3.60. The first-order valence-electron chi connectivity index (χ1n) is 9.26. The van der Waals surface area contributed by atoms with Gasteiger partial charge in [-0.3, -0.25) is 18.8 Å². The Kier molecular flexibility index (Phi) is 5.41. The molecule has 1 N–H and O–H groups in total. The lowest BCUT2D eigenvalue weighted by Crippen LogP contribution is -2.52. The fourth-order valence-corrected chi connectivity index (χ4v) is 3.60. The van der Waals surface area contributed by atoms with Gasteiger partial charge in [-0.2, -0.15) is 5.10 Å². The Morgan fingerprint density at radius 2 is 2.00 bits per heavy atom. The molecule has 3 rings (SSSR count). The third-order valence-electron chi connectivity index (χ3n) is 4.84. The number of fused-ring (bicyclic) bond motifs is 1. The molecule has 8 heteroatoms. The number of hydrogen-bond acceptors (Lipinski definition) is 5. The molecule has 0 unspecified atom stereocenters. The van der Waals surface area contributed by atoms with Gasteiger partial charge in [0.25, 0.3) is 5.56 Å². The summed E-state index contributed by atoms with van der Waals surface area (Å²) in [5.41, 5.74) is 0.104. The summed E-state index contributed by atoms with van der Waals surface area (Å²) in [6, 6.07) is 0. The lowest BCUT2D eigenvalue weighted by atomic mass is 10.0. The monoisotopic (exact) mass is 360 g/mol. The smallest absolute Gasteiger partial charge is 0.264 e. The van der Waals surface area contributed by atoms with Crippen molar-refractivity contribution in [2.75, 3.05) is 19.6 Å². The summed E-state index contributed by atoms with van der Waals surface area (Å²) in [5.74, 6) is -0.0507. The number of nitrogens with zero attached hydrogens (tertiary/aromatic N) is 5. The Hall–Kier alpha value is -2.22. The van der Waals surface area contributed by atoms with E-state index >= 15 is 0 Å². The molecule has 26 heavy (non-hydrogen) atoms. The van der Waals surface area contributed by atoms with Crippen LogP contribution in [0.3, 0.4) is 0 Å². The van der Waals surface area contributed by atoms with Crippen LogP contribution in [0.15, 0.2) is 17.3 Å². The highest BCUT2D eigenvalue weighted by atomic mass is 16.2. The maximum Gasteiger partial charge on any atom is 0.264 e. The molecule has 1 fully saturated rings. The molecular formula is C18H28N6O2. The Morgan fingerprint density at radius 1 is 1.27 bits per heavy atom. The number of rotatable bonds is 6. The second-order valence-corrected chi connectivity index (χ2v) is 7.77. The minimum Gasteiger partial charge on any atom is -0.350 e. The average molecular weight is 360 g/mol. The van der Waals surface area contributed by atoms with Gasteiger partial charge in [0.15, 0.2) is 5.65 Å². The van der Waals surface area contributed by atoms with Crippen LogP contribution in [0.4, 0.5) is 0 Å². The number of piperidine rings is 1. The van der Waals surface area contributed by atoms with Crippen molar-refractivity contribution in [1.29, 1.82) is 0 Å². The van der Waals surface area contributed by atoms with Crippen LogP contribution in [0.25, 0.3) is 11.0 Å². The predicted molar refractivity (Wildman–Crippen MR) is 99.9 cm³/mol. The third-order valence-corrected chi connectivity index (χ3v) is 4.84. The van der Waals surface area contributed by atoms with E-state index in [1.54, 1.807) is 11.7 Å². The van der Waals surface area contributed by atoms with E-state index in [0.717, 1.165) is 19.6 Å². The maximum absolute atomic E-state index is 12.4. The molecule has 8 nitrogen and oxygen atoms in total. The van der Waals surface area contributed by atoms with Gasteiger partial charge < -0.3 is 10.2 Å². The zero-order valence-corrected chi connectivity index (χ0v) is 15.9. The topological polar surface area (TPSA) is 85.0 Å². The van der Waals surface area contributed by atoms with E-state index in [2.05, 4.69) is 34.1 Å². The summed E-state index contributed by atoms with van der Waals surface area (Å²) in [4.78, 5) is 31.5. The van der Waals surface area contributed by atoms with Gasteiger partial charge in [0.1, 0.15) is 5.39 Å². The molecule has 1 aliphatic rings. The Labute approximate surface area is 153 Å². The zero-order valence-electron chi connectivity index (χ0n) is 15.9. The molecule has 0 bridgehead atoms. The molecule has 1 saturated heterocycles. The molecule has 3 heterocycles. The van der Waals surface area contributed by atoms with Crippen molar-refractivity contribution in [1.82, 2.24) is 29.5 Å². The highest BCUT2D eigenvalue weighted by molar-refractivity contribution is 5.77. The first kappa shape index (κ1) is 18.6. The normalized spacial score (nSPS) is 16.1. The summed E-state index contributed by atoms with van der Waals surface area (Å²) >= 11 is 0. The van der Waals surface area contributed by atoms with E-state index in [4.69, 9.17) is 0 Å². The molecule has 0 radical (unpaired) electrons. The summed E-state index contributed by atoms with van der Waals surface area (Å²) in [7, 11) is 1.75. The van der Waals surface area contributed by atoms with Gasteiger partial charge in [-0.15, -0.1) is 0 Å². The van der Waals surface area contributed by atoms with Crippen LogP contribution in [0.5, 0.6) is 0 Å². The van der Waals surface area contributed by atoms with E-state index in [0.29, 0.717) is 17.6 Å². The average Bonchev–Trinajstić information content (AvgIpc) is 2.96. The molecule has 1 aliphatic heterocycles. The van der Waals surface area contributed by atoms with E-state index < -0.39 is 0 Å². The van der Waals surface area contributed by atoms with E-state index in [-0.39, 0.29) is 23.4 Å². The zero-order chi connectivity index (χ0) is 18.7. The number of likely N-dealkylation sites (tertiary alicyclic amines) is 1. The van der Waals surface area contributed by atoms with Gasteiger partial charge in [0, 0.05) is 32.1 Å². The standard InChI is InChI=1S/C18H28N6O2/c1-18(2,12-23-8-5-4-6-9-23)21-15(25)7-10-24-13-19-16-14(17(24)26)11-20-22(16)3/h11,13H,4-10,12H2,1-3H3,(H,21,25). The summed E-state index contributed by atoms with van der Waals surface area (Å²) in [5, 5.41) is 7.63. The Morgan fingerprint density at radius 3 is 2.73 bits per heavy atom. The van der Waals surface area contributed by atoms with Gasteiger partial charge in [-0.1, -0.05) is 6.42 Å². The van der Waals surface area contributed by atoms with Gasteiger partial charge in [0.05, 0.1) is 12.5 Å². The second kappa shape index (κ2) is 7.57. The van der Waals surface area contributed by atoms with Crippen LogP contribution >= 0.6 is 0 Å². The third kappa shape index (κ3) is 4.30. The van der Waals surface area contributed by atoms with Gasteiger partial charge in [-0.05, 0) is 39.8 Å². The predicted octanol–water partition coefficient (Wildman–Crippen LogP) is 0.901. The van der Waals surface area contributed by atoms with Crippen LogP contribution in [0.1, 0.15) is 39.5 Å². The number of carbonyl (C=O) groups is 1. The highest BCUT2D eigenvalue weighted by Gasteiger charge is 2.24. The highest BCUT2D eigenvalue weighted by Crippen LogP contribution is 2.13. The van der Waals surface area contributed by atoms with E-state index in [9.17, 15) is 9.59 Å². The van der Waals surface area contributed by atoms with Crippen molar-refractivity contribution >= 4 is 16.9 Å². The summed E-state index contributed by atoms with van der Waals surface area (Å²) < 4.78 is 3.04. The van der Waals surface area contributed by atoms with Crippen LogP contribution < -0.4 is 10.9 Å². The fraction of sp³-hybridized carbons (Fsp3) is 0.667. The minimum absolute atomic E-state index is 0.0507. The second-order valence-electron chi connectivity index (χ2n) is 7.77. The van der Waals surface area contributed by atoms with Gasteiger partial charge in [-0.25, -0.2) is 4.98 Å². The van der Waals surface area contributed by atoms with Crippen LogP contribution in [-0.2, 0) is 18.4 Å². The number of carbonyl (C=O) groups excluding carboxylic acids is 1. The quantitative estimate of drug-likeness (QED) is 0.827. The van der Waals surface area contributed by atoms with Crippen molar-refractivity contribution in [2.45, 2.75) is 51.6 Å². The van der Waals surface area contributed by atoms with E-state index in [1.165, 1.54) is 36.4 Å². The SMILES string of the molecule is Cn1ncc2c(=O)n(CCC(=O)NC(C)(C)CN3CCCCC3)cnc21. The number of amides is 1. The lowest BCUT2D eigenvalue weighted by Gasteiger charge is -2.35. The van der Waals surface area contributed by atoms with Crippen molar-refractivity contribution in [3.8, 4) is 0 Å². The summed E-state index contributed by atoms with van der Waals surface area (Å²) in [6.07, 6.45) is 7.01. The molecule has 2 aromatic rings. The first-order chi connectivity index (χ1) is 12.4. The lowest BCUT2D eigenvalue weighted by molar-refractivity contribution is -0.123. The van der Waals surface area contributed by atoms with E-state index in [1.807, 2.05) is 0 Å². The van der Waals surface area contributed by atoms with Crippen molar-refractivity contribution < 1.29 is 4.79 Å². The van der Waals surface area contributed by atoms with Gasteiger partial charge in [0.2, 0.25) is 5.91 Å². The number of aryl methyl sites for hydroxylation is 2. The molecular weight excluding hydrogens is 332 g/mol. The molecule has 0 saturated carbocycles. The minimum atomic E-state index is -0.287.